The molecule has 118 valence electrons. The first-order valence-corrected chi connectivity index (χ1v) is 7.22. The Morgan fingerprint density at radius 3 is 2.48 bits per heavy atom. The zero-order chi connectivity index (χ0) is 16.6. The summed E-state index contributed by atoms with van der Waals surface area (Å²) >= 11 is 0. The van der Waals surface area contributed by atoms with Gasteiger partial charge in [-0.15, -0.1) is 0 Å². The quantitative estimate of drug-likeness (QED) is 0.856. The molecule has 3 rings (SSSR count). The highest BCUT2D eigenvalue weighted by molar-refractivity contribution is 6.26. The summed E-state index contributed by atoms with van der Waals surface area (Å²) in [5.41, 5.74) is 0.873. The van der Waals surface area contributed by atoms with Crippen molar-refractivity contribution < 1.29 is 24.2 Å². The Morgan fingerprint density at radius 2 is 1.83 bits per heavy atom. The molecule has 2 amide bonds. The normalized spacial score (nSPS) is 13.5. The summed E-state index contributed by atoms with van der Waals surface area (Å²) in [7, 11) is 1.54. The standard InChI is InChI=1S/C17H15NO5/c1-23-13-8-7-12-15-10(13)4-2-5-11(15)16(21)18(17(12)22)9-3-6-14(19)20/h2,4-5,7-8H,3,6,9H2,1H3,(H,19,20). The van der Waals surface area contributed by atoms with Crippen LogP contribution in [0.2, 0.25) is 0 Å². The van der Waals surface area contributed by atoms with E-state index >= 15 is 0 Å². The largest absolute Gasteiger partial charge is 0.496 e. The molecule has 0 spiro atoms. The van der Waals surface area contributed by atoms with Crippen molar-refractivity contribution in [1.82, 2.24) is 4.90 Å². The second kappa shape index (κ2) is 5.72. The van der Waals surface area contributed by atoms with Gasteiger partial charge >= 0.3 is 5.97 Å². The molecule has 0 radical (unpaired) electrons. The molecule has 0 saturated carbocycles. The monoisotopic (exact) mass is 313 g/mol. The summed E-state index contributed by atoms with van der Waals surface area (Å²) in [6, 6.07) is 8.56. The van der Waals surface area contributed by atoms with Crippen molar-refractivity contribution in [2.75, 3.05) is 13.7 Å². The fourth-order valence-electron chi connectivity index (χ4n) is 2.89. The van der Waals surface area contributed by atoms with Gasteiger partial charge in [0.25, 0.3) is 11.8 Å². The first-order valence-electron chi connectivity index (χ1n) is 7.22. The number of carbonyl (C=O) groups excluding carboxylic acids is 2. The lowest BCUT2D eigenvalue weighted by molar-refractivity contribution is -0.137. The Kier molecular flexibility index (Phi) is 3.73. The van der Waals surface area contributed by atoms with Crippen molar-refractivity contribution in [2.45, 2.75) is 12.8 Å². The second-order valence-electron chi connectivity index (χ2n) is 5.30. The fraction of sp³-hybridized carbons (Fsp3) is 0.235. The van der Waals surface area contributed by atoms with Crippen molar-refractivity contribution in [3.63, 3.8) is 0 Å². The van der Waals surface area contributed by atoms with Crippen LogP contribution in [0.4, 0.5) is 0 Å². The van der Waals surface area contributed by atoms with Gasteiger partial charge in [-0.1, -0.05) is 12.1 Å². The lowest BCUT2D eigenvalue weighted by Gasteiger charge is -2.27. The summed E-state index contributed by atoms with van der Waals surface area (Å²) in [5, 5.41) is 10.0. The van der Waals surface area contributed by atoms with Gasteiger partial charge in [-0.2, -0.15) is 0 Å². The number of rotatable bonds is 5. The van der Waals surface area contributed by atoms with E-state index in [0.29, 0.717) is 22.3 Å². The number of carboxylic acid groups (broad SMARTS) is 1. The van der Waals surface area contributed by atoms with E-state index in [9.17, 15) is 14.4 Å². The topological polar surface area (TPSA) is 83.9 Å². The van der Waals surface area contributed by atoms with Crippen LogP contribution in [-0.2, 0) is 4.79 Å². The first-order chi connectivity index (χ1) is 11.0. The molecule has 23 heavy (non-hydrogen) atoms. The van der Waals surface area contributed by atoms with Gasteiger partial charge in [0, 0.05) is 34.9 Å². The lowest BCUT2D eigenvalue weighted by atomic mass is 9.93. The molecule has 1 aliphatic heterocycles. The van der Waals surface area contributed by atoms with E-state index in [-0.39, 0.29) is 19.4 Å². The number of methoxy groups -OCH3 is 1. The Hall–Kier alpha value is -2.89. The van der Waals surface area contributed by atoms with E-state index < -0.39 is 17.8 Å². The van der Waals surface area contributed by atoms with Crippen molar-refractivity contribution in [3.05, 3.63) is 41.5 Å². The molecular formula is C17H15NO5. The zero-order valence-corrected chi connectivity index (χ0v) is 12.5. The molecule has 6 heteroatoms. The van der Waals surface area contributed by atoms with Crippen LogP contribution < -0.4 is 4.74 Å². The van der Waals surface area contributed by atoms with Gasteiger partial charge in [-0.3, -0.25) is 19.3 Å². The van der Waals surface area contributed by atoms with Crippen LogP contribution in [0.1, 0.15) is 33.6 Å². The first kappa shape index (κ1) is 15.0. The number of hydrogen-bond donors (Lipinski definition) is 1. The molecule has 6 nitrogen and oxygen atoms in total. The summed E-state index contributed by atoms with van der Waals surface area (Å²) in [5.74, 6) is -1.14. The Labute approximate surface area is 132 Å². The van der Waals surface area contributed by atoms with Crippen LogP contribution >= 0.6 is 0 Å². The third-order valence-electron chi connectivity index (χ3n) is 3.94. The van der Waals surface area contributed by atoms with Crippen LogP contribution in [0.25, 0.3) is 10.8 Å². The minimum Gasteiger partial charge on any atom is -0.496 e. The number of nitrogens with zero attached hydrogens (tertiary/aromatic N) is 1. The molecule has 0 bridgehead atoms. The van der Waals surface area contributed by atoms with E-state index in [4.69, 9.17) is 9.84 Å². The van der Waals surface area contributed by atoms with Crippen LogP contribution in [0.5, 0.6) is 5.75 Å². The van der Waals surface area contributed by atoms with Crippen molar-refractivity contribution in [3.8, 4) is 5.75 Å². The summed E-state index contributed by atoms with van der Waals surface area (Å²) < 4.78 is 5.29. The van der Waals surface area contributed by atoms with E-state index in [1.807, 2.05) is 6.07 Å². The molecule has 0 unspecified atom stereocenters. The Balaban J connectivity index is 2.06. The third-order valence-corrected chi connectivity index (χ3v) is 3.94. The average Bonchev–Trinajstić information content (AvgIpc) is 2.54. The van der Waals surface area contributed by atoms with E-state index in [1.54, 1.807) is 24.3 Å². The number of ether oxygens (including phenoxy) is 1. The molecule has 0 atom stereocenters. The molecule has 2 aromatic rings. The van der Waals surface area contributed by atoms with Gasteiger partial charge in [0.1, 0.15) is 5.75 Å². The van der Waals surface area contributed by atoms with Crippen molar-refractivity contribution in [1.29, 1.82) is 0 Å². The molecule has 0 aromatic heterocycles. The van der Waals surface area contributed by atoms with Gasteiger partial charge in [0.05, 0.1) is 7.11 Å². The molecule has 0 aliphatic carbocycles. The van der Waals surface area contributed by atoms with Gasteiger partial charge in [-0.05, 0) is 24.6 Å². The molecular weight excluding hydrogens is 298 g/mol. The molecule has 0 fully saturated rings. The summed E-state index contributed by atoms with van der Waals surface area (Å²) in [6.07, 6.45) is 0.144. The van der Waals surface area contributed by atoms with Crippen molar-refractivity contribution in [2.24, 2.45) is 0 Å². The maximum absolute atomic E-state index is 12.6. The highest BCUT2D eigenvalue weighted by Gasteiger charge is 2.33. The zero-order valence-electron chi connectivity index (χ0n) is 12.5. The van der Waals surface area contributed by atoms with E-state index in [2.05, 4.69) is 0 Å². The third kappa shape index (κ3) is 2.42. The second-order valence-corrected chi connectivity index (χ2v) is 5.30. The molecule has 0 saturated heterocycles. The minimum atomic E-state index is -0.950. The van der Waals surface area contributed by atoms with Crippen molar-refractivity contribution >= 4 is 28.6 Å². The predicted molar refractivity (Wildman–Crippen MR) is 82.7 cm³/mol. The van der Waals surface area contributed by atoms with E-state index in [0.717, 1.165) is 10.3 Å². The average molecular weight is 313 g/mol. The minimum absolute atomic E-state index is 0.0866. The maximum atomic E-state index is 12.6. The number of amides is 2. The number of benzene rings is 2. The number of aliphatic carboxylic acids is 1. The number of carboxylic acids is 1. The van der Waals surface area contributed by atoms with E-state index in [1.165, 1.54) is 7.11 Å². The maximum Gasteiger partial charge on any atom is 0.303 e. The van der Waals surface area contributed by atoms with Gasteiger partial charge in [0.15, 0.2) is 0 Å². The Bertz CT molecular complexity index is 805. The predicted octanol–water partition coefficient (Wildman–Crippen LogP) is 2.31. The highest BCUT2D eigenvalue weighted by atomic mass is 16.5. The van der Waals surface area contributed by atoms with Gasteiger partial charge in [-0.25, -0.2) is 0 Å². The van der Waals surface area contributed by atoms with Gasteiger partial charge in [0.2, 0.25) is 0 Å². The van der Waals surface area contributed by atoms with Gasteiger partial charge < -0.3 is 9.84 Å². The SMILES string of the molecule is COc1ccc2c3c(cccc13)C(=O)N(CCCC(=O)O)C2=O. The number of carbonyl (C=O) groups is 3. The molecule has 1 N–H and O–H groups in total. The lowest BCUT2D eigenvalue weighted by Crippen LogP contribution is -2.41. The molecule has 1 aliphatic rings. The smallest absolute Gasteiger partial charge is 0.303 e. The Morgan fingerprint density at radius 1 is 1.13 bits per heavy atom. The summed E-state index contributed by atoms with van der Waals surface area (Å²) in [6.45, 7) is 0.0891. The van der Waals surface area contributed by atoms with Crippen LogP contribution in [0, 0.1) is 0 Å². The number of hydrogen-bond acceptors (Lipinski definition) is 4. The van der Waals surface area contributed by atoms with Crippen LogP contribution in [-0.4, -0.2) is 41.4 Å². The summed E-state index contributed by atoms with van der Waals surface area (Å²) in [4.78, 5) is 37.0. The number of imide groups is 1. The molecule has 2 aromatic carbocycles. The fourth-order valence-corrected chi connectivity index (χ4v) is 2.89. The molecule has 1 heterocycles. The highest BCUT2D eigenvalue weighted by Crippen LogP contribution is 2.35. The van der Waals surface area contributed by atoms with Crippen LogP contribution in [0.3, 0.4) is 0 Å². The van der Waals surface area contributed by atoms with Crippen LogP contribution in [0.15, 0.2) is 30.3 Å².